The number of piperidine rings is 1. The fraction of sp³-hybridized carbons (Fsp3) is 0.579. The van der Waals surface area contributed by atoms with Gasteiger partial charge in [-0.2, -0.15) is 0 Å². The van der Waals surface area contributed by atoms with Crippen molar-refractivity contribution in [3.05, 3.63) is 35.9 Å². The van der Waals surface area contributed by atoms with Crippen molar-refractivity contribution in [3.63, 3.8) is 0 Å². The fourth-order valence-corrected chi connectivity index (χ4v) is 2.37. The summed E-state index contributed by atoms with van der Waals surface area (Å²) >= 11 is 0. The molecular formula is C19H30N2O4. The third-order valence-electron chi connectivity index (χ3n) is 3.79. The largest absolute Gasteiger partial charge is 0.462 e. The van der Waals surface area contributed by atoms with E-state index in [1.165, 1.54) is 0 Å². The molecule has 0 radical (unpaired) electrons. The first-order valence-corrected chi connectivity index (χ1v) is 8.62. The highest BCUT2D eigenvalue weighted by molar-refractivity contribution is 5.75. The Hall–Kier alpha value is -1.92. The van der Waals surface area contributed by atoms with E-state index in [-0.39, 0.29) is 17.5 Å². The topological polar surface area (TPSA) is 90.7 Å². The van der Waals surface area contributed by atoms with Crippen molar-refractivity contribution >= 4 is 12.4 Å². The highest BCUT2D eigenvalue weighted by Crippen LogP contribution is 2.16. The maximum absolute atomic E-state index is 11.8. The molecule has 0 saturated carbocycles. The van der Waals surface area contributed by atoms with Crippen molar-refractivity contribution in [2.75, 3.05) is 13.1 Å². The van der Waals surface area contributed by atoms with Crippen LogP contribution in [0.4, 0.5) is 0 Å². The molecule has 1 saturated heterocycles. The lowest BCUT2D eigenvalue weighted by Crippen LogP contribution is -2.44. The first-order valence-electron chi connectivity index (χ1n) is 8.62. The van der Waals surface area contributed by atoms with Gasteiger partial charge in [0.25, 0.3) is 6.47 Å². The van der Waals surface area contributed by atoms with E-state index >= 15 is 0 Å². The van der Waals surface area contributed by atoms with Crippen molar-refractivity contribution in [2.24, 2.45) is 11.7 Å². The Labute approximate surface area is 150 Å². The third kappa shape index (κ3) is 9.22. The highest BCUT2D eigenvalue weighted by atomic mass is 16.5. The summed E-state index contributed by atoms with van der Waals surface area (Å²) in [6.07, 6.45) is 1.89. The van der Waals surface area contributed by atoms with Gasteiger partial charge >= 0.3 is 5.97 Å². The molecule has 1 unspecified atom stereocenters. The van der Waals surface area contributed by atoms with Crippen molar-refractivity contribution in [2.45, 2.75) is 51.9 Å². The lowest BCUT2D eigenvalue weighted by molar-refractivity contribution is -0.148. The molecule has 3 N–H and O–H groups in total. The Morgan fingerprint density at radius 1 is 1.28 bits per heavy atom. The average molecular weight is 350 g/mol. The van der Waals surface area contributed by atoms with Crippen LogP contribution in [0.3, 0.4) is 0 Å². The van der Waals surface area contributed by atoms with Gasteiger partial charge in [0.05, 0.1) is 0 Å². The Kier molecular flexibility index (Phi) is 9.16. The number of carbonyl (C=O) groups excluding carboxylic acids is 2. The summed E-state index contributed by atoms with van der Waals surface area (Å²) < 4.78 is 9.81. The number of carbonyl (C=O) groups is 2. The zero-order valence-electron chi connectivity index (χ0n) is 15.4. The molecule has 6 nitrogen and oxygen atoms in total. The Balaban J connectivity index is 0.000000381. The second kappa shape index (κ2) is 10.8. The van der Waals surface area contributed by atoms with Crippen LogP contribution in [0.25, 0.3) is 0 Å². The minimum Gasteiger partial charge on any atom is -0.462 e. The monoisotopic (exact) mass is 350 g/mol. The first kappa shape index (κ1) is 21.1. The fourth-order valence-electron chi connectivity index (χ4n) is 2.37. The lowest BCUT2D eigenvalue weighted by Gasteiger charge is -2.26. The molecule has 25 heavy (non-hydrogen) atoms. The predicted octanol–water partition coefficient (Wildman–Crippen LogP) is 2.01. The Morgan fingerprint density at radius 2 is 1.88 bits per heavy atom. The van der Waals surface area contributed by atoms with Gasteiger partial charge < -0.3 is 20.5 Å². The van der Waals surface area contributed by atoms with Crippen LogP contribution in [0.2, 0.25) is 0 Å². The second-order valence-electron chi connectivity index (χ2n) is 7.03. The molecule has 1 aromatic carbocycles. The van der Waals surface area contributed by atoms with Gasteiger partial charge in [0.2, 0.25) is 0 Å². The van der Waals surface area contributed by atoms with Crippen LogP contribution < -0.4 is 11.1 Å². The number of benzene rings is 1. The Morgan fingerprint density at radius 3 is 2.36 bits per heavy atom. The summed E-state index contributed by atoms with van der Waals surface area (Å²) in [6.45, 7) is 8.09. The minimum atomic E-state index is -0.490. The van der Waals surface area contributed by atoms with Gasteiger partial charge in [0.1, 0.15) is 18.2 Å². The van der Waals surface area contributed by atoms with E-state index in [1.54, 1.807) is 0 Å². The maximum atomic E-state index is 11.8. The highest BCUT2D eigenvalue weighted by Gasteiger charge is 2.27. The molecule has 140 valence electrons. The second-order valence-corrected chi connectivity index (χ2v) is 7.03. The number of nitrogens with two attached hydrogens (primary N) is 1. The lowest BCUT2D eigenvalue weighted by atomic mass is 9.91. The molecule has 0 spiro atoms. The summed E-state index contributed by atoms with van der Waals surface area (Å²) in [4.78, 5) is 21.4. The predicted molar refractivity (Wildman–Crippen MR) is 96.7 cm³/mol. The van der Waals surface area contributed by atoms with Crippen LogP contribution in [0, 0.1) is 5.92 Å². The van der Waals surface area contributed by atoms with E-state index in [2.05, 4.69) is 10.1 Å². The van der Waals surface area contributed by atoms with Crippen molar-refractivity contribution in [1.82, 2.24) is 5.32 Å². The van der Waals surface area contributed by atoms with Crippen LogP contribution in [-0.2, 0) is 25.7 Å². The van der Waals surface area contributed by atoms with Gasteiger partial charge in [-0.1, -0.05) is 30.3 Å². The van der Waals surface area contributed by atoms with Crippen molar-refractivity contribution in [3.8, 4) is 0 Å². The van der Waals surface area contributed by atoms with Crippen LogP contribution in [0.1, 0.15) is 39.2 Å². The molecule has 0 aliphatic carbocycles. The van der Waals surface area contributed by atoms with Crippen LogP contribution >= 0.6 is 0 Å². The Bertz CT molecular complexity index is 508. The van der Waals surface area contributed by atoms with E-state index in [1.807, 2.05) is 51.1 Å². The van der Waals surface area contributed by atoms with Crippen molar-refractivity contribution < 1.29 is 19.1 Å². The molecule has 1 aliphatic heterocycles. The summed E-state index contributed by atoms with van der Waals surface area (Å²) in [7, 11) is 0. The molecule has 0 amide bonds. The molecule has 1 heterocycles. The summed E-state index contributed by atoms with van der Waals surface area (Å²) in [6, 6.07) is 9.17. The zero-order chi connectivity index (χ0) is 18.7. The van der Waals surface area contributed by atoms with Gasteiger partial charge in [-0.05, 0) is 58.2 Å². The van der Waals surface area contributed by atoms with Gasteiger partial charge in [0.15, 0.2) is 0 Å². The molecule has 0 bridgehead atoms. The van der Waals surface area contributed by atoms with Gasteiger partial charge in [0, 0.05) is 0 Å². The summed E-state index contributed by atoms with van der Waals surface area (Å²) in [5.74, 6) is -0.0414. The van der Waals surface area contributed by atoms with Gasteiger partial charge in [-0.25, -0.2) is 0 Å². The smallest absolute Gasteiger partial charge is 0.323 e. The third-order valence-corrected chi connectivity index (χ3v) is 3.79. The maximum Gasteiger partial charge on any atom is 0.323 e. The standard InChI is InChI=1S/C14H20N2O2.C5H10O2/c15-13(12-6-8-16-9-7-12)14(17)18-10-11-4-2-1-3-5-11;1-5(2,3)7-4-6/h1-5,12-13,16H,6-10,15H2;4H,1-3H3. The zero-order valence-corrected chi connectivity index (χ0v) is 15.4. The minimum absolute atomic E-state index is 0.245. The molecule has 1 aromatic rings. The average Bonchev–Trinajstić information content (AvgIpc) is 2.60. The summed E-state index contributed by atoms with van der Waals surface area (Å²) in [5.41, 5.74) is 6.63. The number of rotatable bonds is 5. The molecule has 2 rings (SSSR count). The number of hydrogen-bond acceptors (Lipinski definition) is 6. The quantitative estimate of drug-likeness (QED) is 0.624. The SMILES string of the molecule is CC(C)(C)OC=O.NC(C(=O)OCc1ccccc1)C1CCNCC1. The molecule has 0 aromatic heterocycles. The van der Waals surface area contributed by atoms with Gasteiger partial charge in [-0.15, -0.1) is 0 Å². The molecule has 1 aliphatic rings. The molecule has 6 heteroatoms. The van der Waals surface area contributed by atoms with Crippen LogP contribution in [0.5, 0.6) is 0 Å². The van der Waals surface area contributed by atoms with E-state index in [0.29, 0.717) is 13.1 Å². The molecular weight excluding hydrogens is 320 g/mol. The molecule has 1 atom stereocenters. The van der Waals surface area contributed by atoms with Crippen molar-refractivity contribution in [1.29, 1.82) is 0 Å². The van der Waals surface area contributed by atoms with Crippen LogP contribution in [0.15, 0.2) is 30.3 Å². The van der Waals surface area contributed by atoms with E-state index in [4.69, 9.17) is 10.5 Å². The van der Waals surface area contributed by atoms with E-state index in [0.717, 1.165) is 31.5 Å². The number of ether oxygens (including phenoxy) is 2. The first-order chi connectivity index (χ1) is 11.8. The van der Waals surface area contributed by atoms with Gasteiger partial charge in [-0.3, -0.25) is 9.59 Å². The normalized spacial score (nSPS) is 16.2. The van der Waals surface area contributed by atoms with E-state index in [9.17, 15) is 9.59 Å². The number of esters is 1. The number of nitrogens with one attached hydrogen (secondary N) is 1. The van der Waals surface area contributed by atoms with E-state index < -0.39 is 6.04 Å². The summed E-state index contributed by atoms with van der Waals surface area (Å²) in [5, 5.41) is 3.26. The van der Waals surface area contributed by atoms with Crippen LogP contribution in [-0.4, -0.2) is 37.2 Å². The molecule has 1 fully saturated rings. The number of hydrogen-bond donors (Lipinski definition) is 2.